The first-order valence-electron chi connectivity index (χ1n) is 10.5. The van der Waals surface area contributed by atoms with Crippen molar-refractivity contribution in [3.8, 4) is 5.75 Å². The van der Waals surface area contributed by atoms with Crippen LogP contribution in [-0.4, -0.2) is 53.3 Å². The molecule has 3 rings (SSSR count). The van der Waals surface area contributed by atoms with Gasteiger partial charge in [0.1, 0.15) is 18.9 Å². The predicted octanol–water partition coefficient (Wildman–Crippen LogP) is 3.54. The summed E-state index contributed by atoms with van der Waals surface area (Å²) >= 11 is 5.84. The van der Waals surface area contributed by atoms with E-state index in [1.165, 1.54) is 4.90 Å². The van der Waals surface area contributed by atoms with Gasteiger partial charge in [0.05, 0.1) is 12.1 Å². The standard InChI is InChI=1S/C24H26ClN3O4/c1-3-27(4-2)24(31)23(30)20-15-28(21-8-6-5-7-19(20)21)16-22(29)26-13-14-32-18-11-9-17(25)10-12-18/h5-12,15H,3-4,13-14,16H2,1-2H3,(H,26,29). The molecule has 0 fully saturated rings. The highest BCUT2D eigenvalue weighted by molar-refractivity contribution is 6.44. The number of carbonyl (C=O) groups is 3. The lowest BCUT2D eigenvalue weighted by Crippen LogP contribution is -2.36. The monoisotopic (exact) mass is 455 g/mol. The molecule has 0 spiro atoms. The molecule has 7 nitrogen and oxygen atoms in total. The Morgan fingerprint density at radius 2 is 1.72 bits per heavy atom. The van der Waals surface area contributed by atoms with Crippen LogP contribution >= 0.6 is 11.6 Å². The Kier molecular flexibility index (Phi) is 7.89. The molecule has 32 heavy (non-hydrogen) atoms. The molecule has 0 radical (unpaired) electrons. The van der Waals surface area contributed by atoms with Gasteiger partial charge < -0.3 is 19.5 Å². The molecule has 1 heterocycles. The van der Waals surface area contributed by atoms with Gasteiger partial charge in [-0.3, -0.25) is 14.4 Å². The number of para-hydroxylation sites is 1. The molecular formula is C24H26ClN3O4. The number of hydrogen-bond acceptors (Lipinski definition) is 4. The van der Waals surface area contributed by atoms with Crippen LogP contribution in [0.25, 0.3) is 10.9 Å². The van der Waals surface area contributed by atoms with Gasteiger partial charge in [0.2, 0.25) is 5.91 Å². The second-order valence-electron chi connectivity index (χ2n) is 7.15. The summed E-state index contributed by atoms with van der Waals surface area (Å²) in [7, 11) is 0. The summed E-state index contributed by atoms with van der Waals surface area (Å²) in [5.74, 6) is -0.664. The fourth-order valence-electron chi connectivity index (χ4n) is 3.43. The fourth-order valence-corrected chi connectivity index (χ4v) is 3.55. The molecule has 0 unspecified atom stereocenters. The maximum Gasteiger partial charge on any atom is 0.295 e. The van der Waals surface area contributed by atoms with Crippen molar-refractivity contribution >= 4 is 40.1 Å². The lowest BCUT2D eigenvalue weighted by Gasteiger charge is -2.17. The number of nitrogens with zero attached hydrogens (tertiary/aromatic N) is 2. The zero-order chi connectivity index (χ0) is 23.1. The highest BCUT2D eigenvalue weighted by Crippen LogP contribution is 2.22. The van der Waals surface area contributed by atoms with E-state index in [2.05, 4.69) is 5.32 Å². The lowest BCUT2D eigenvalue weighted by molar-refractivity contribution is -0.126. The highest BCUT2D eigenvalue weighted by Gasteiger charge is 2.25. The number of likely N-dealkylation sites (N-methyl/N-ethyl adjacent to an activating group) is 1. The second kappa shape index (κ2) is 10.8. The molecule has 2 aromatic carbocycles. The normalized spacial score (nSPS) is 10.7. The number of benzene rings is 2. The first-order valence-corrected chi connectivity index (χ1v) is 10.9. The van der Waals surface area contributed by atoms with Crippen molar-refractivity contribution in [3.63, 3.8) is 0 Å². The molecule has 0 bridgehead atoms. The molecule has 1 aromatic heterocycles. The lowest BCUT2D eigenvalue weighted by atomic mass is 10.1. The Bertz CT molecular complexity index is 1100. The van der Waals surface area contributed by atoms with Crippen LogP contribution in [0.4, 0.5) is 0 Å². The zero-order valence-electron chi connectivity index (χ0n) is 18.1. The van der Waals surface area contributed by atoms with Gasteiger partial charge in [0.15, 0.2) is 0 Å². The Morgan fingerprint density at radius 3 is 2.41 bits per heavy atom. The van der Waals surface area contributed by atoms with Crippen LogP contribution in [-0.2, 0) is 16.1 Å². The number of amides is 2. The smallest absolute Gasteiger partial charge is 0.295 e. The average molecular weight is 456 g/mol. The first-order chi connectivity index (χ1) is 15.4. The Morgan fingerprint density at radius 1 is 1.03 bits per heavy atom. The third-order valence-corrected chi connectivity index (χ3v) is 5.35. The van der Waals surface area contributed by atoms with Crippen LogP contribution in [0.5, 0.6) is 5.75 Å². The number of Topliss-reactive ketones (excluding diaryl/α,β-unsaturated/α-hetero) is 1. The predicted molar refractivity (Wildman–Crippen MR) is 124 cm³/mol. The average Bonchev–Trinajstić information content (AvgIpc) is 3.16. The molecule has 0 aliphatic heterocycles. The topological polar surface area (TPSA) is 80.6 Å². The molecule has 0 aliphatic carbocycles. The number of carbonyl (C=O) groups excluding carboxylic acids is 3. The fraction of sp³-hybridized carbons (Fsp3) is 0.292. The SMILES string of the molecule is CCN(CC)C(=O)C(=O)c1cn(CC(=O)NCCOc2ccc(Cl)cc2)c2ccccc12. The van der Waals surface area contributed by atoms with E-state index in [1.807, 2.05) is 26.0 Å². The minimum atomic E-state index is -0.569. The number of ether oxygens (including phenoxy) is 1. The number of fused-ring (bicyclic) bond motifs is 1. The maximum atomic E-state index is 12.9. The number of rotatable bonds is 10. The Hall–Kier alpha value is -3.32. The number of nitrogens with one attached hydrogen (secondary N) is 1. The van der Waals surface area contributed by atoms with Crippen LogP contribution in [0.15, 0.2) is 54.7 Å². The summed E-state index contributed by atoms with van der Waals surface area (Å²) < 4.78 is 7.26. The van der Waals surface area contributed by atoms with Gasteiger partial charge in [-0.25, -0.2) is 0 Å². The largest absolute Gasteiger partial charge is 0.492 e. The third kappa shape index (κ3) is 5.48. The van der Waals surface area contributed by atoms with E-state index in [0.717, 1.165) is 5.52 Å². The highest BCUT2D eigenvalue weighted by atomic mass is 35.5. The van der Waals surface area contributed by atoms with E-state index in [4.69, 9.17) is 16.3 Å². The summed E-state index contributed by atoms with van der Waals surface area (Å²) in [6.45, 7) is 5.24. The number of aromatic nitrogens is 1. The minimum Gasteiger partial charge on any atom is -0.492 e. The number of ketones is 1. The van der Waals surface area contributed by atoms with Crippen LogP contribution in [0, 0.1) is 0 Å². The van der Waals surface area contributed by atoms with Crippen molar-refractivity contribution in [2.45, 2.75) is 20.4 Å². The molecule has 168 valence electrons. The summed E-state index contributed by atoms with van der Waals surface area (Å²) in [5, 5.41) is 4.08. The Labute approximate surface area is 191 Å². The molecule has 3 aromatic rings. The van der Waals surface area contributed by atoms with E-state index in [-0.39, 0.29) is 12.5 Å². The summed E-state index contributed by atoms with van der Waals surface area (Å²) in [5.41, 5.74) is 1.02. The molecular weight excluding hydrogens is 430 g/mol. The molecule has 0 atom stereocenters. The van der Waals surface area contributed by atoms with Crippen molar-refractivity contribution in [2.75, 3.05) is 26.2 Å². The van der Waals surface area contributed by atoms with Gasteiger partial charge >= 0.3 is 0 Å². The number of halogens is 1. The van der Waals surface area contributed by atoms with Gasteiger partial charge in [0.25, 0.3) is 11.7 Å². The van der Waals surface area contributed by atoms with E-state index in [0.29, 0.717) is 48.0 Å². The minimum absolute atomic E-state index is 0.0220. The van der Waals surface area contributed by atoms with E-state index < -0.39 is 11.7 Å². The van der Waals surface area contributed by atoms with E-state index in [1.54, 1.807) is 47.2 Å². The van der Waals surface area contributed by atoms with Gasteiger partial charge in [-0.1, -0.05) is 29.8 Å². The molecule has 1 N–H and O–H groups in total. The molecule has 0 saturated heterocycles. The quantitative estimate of drug-likeness (QED) is 0.288. The van der Waals surface area contributed by atoms with Gasteiger partial charge in [0, 0.05) is 35.2 Å². The molecule has 0 aliphatic rings. The number of hydrogen-bond donors (Lipinski definition) is 1. The summed E-state index contributed by atoms with van der Waals surface area (Å²) in [6.07, 6.45) is 1.58. The van der Waals surface area contributed by atoms with Crippen molar-refractivity contribution in [3.05, 3.63) is 65.3 Å². The van der Waals surface area contributed by atoms with Gasteiger partial charge in [-0.05, 0) is 44.2 Å². The van der Waals surface area contributed by atoms with Crippen LogP contribution in [0.2, 0.25) is 5.02 Å². The van der Waals surface area contributed by atoms with Crippen molar-refractivity contribution in [2.24, 2.45) is 0 Å². The van der Waals surface area contributed by atoms with Crippen molar-refractivity contribution in [1.82, 2.24) is 14.8 Å². The first kappa shape index (κ1) is 23.3. The van der Waals surface area contributed by atoms with Crippen molar-refractivity contribution in [1.29, 1.82) is 0 Å². The molecule has 8 heteroatoms. The Balaban J connectivity index is 1.65. The molecule has 2 amide bonds. The van der Waals surface area contributed by atoms with E-state index >= 15 is 0 Å². The van der Waals surface area contributed by atoms with Crippen LogP contribution in [0.3, 0.4) is 0 Å². The van der Waals surface area contributed by atoms with E-state index in [9.17, 15) is 14.4 Å². The van der Waals surface area contributed by atoms with Crippen LogP contribution < -0.4 is 10.1 Å². The maximum absolute atomic E-state index is 12.9. The summed E-state index contributed by atoms with van der Waals surface area (Å²) in [4.78, 5) is 39.4. The zero-order valence-corrected chi connectivity index (χ0v) is 18.9. The van der Waals surface area contributed by atoms with Gasteiger partial charge in [-0.2, -0.15) is 0 Å². The van der Waals surface area contributed by atoms with Gasteiger partial charge in [-0.15, -0.1) is 0 Å². The van der Waals surface area contributed by atoms with Crippen LogP contribution in [0.1, 0.15) is 24.2 Å². The summed E-state index contributed by atoms with van der Waals surface area (Å²) in [6, 6.07) is 14.2. The van der Waals surface area contributed by atoms with Crippen molar-refractivity contribution < 1.29 is 19.1 Å². The second-order valence-corrected chi connectivity index (χ2v) is 7.58. The molecule has 0 saturated carbocycles. The third-order valence-electron chi connectivity index (χ3n) is 5.10.